The summed E-state index contributed by atoms with van der Waals surface area (Å²) in [6.45, 7) is 6.57. The van der Waals surface area contributed by atoms with Crippen LogP contribution in [0, 0.1) is 28.1 Å². The average Bonchev–Trinajstić information content (AvgIpc) is 2.88. The Balaban J connectivity index is 1.78. The van der Waals surface area contributed by atoms with Gasteiger partial charge in [0.1, 0.15) is 0 Å². The van der Waals surface area contributed by atoms with Crippen LogP contribution in [-0.4, -0.2) is 30.4 Å². The first-order chi connectivity index (χ1) is 12.2. The Kier molecular flexibility index (Phi) is 3.86. The van der Waals surface area contributed by atoms with Crippen molar-refractivity contribution in [3.63, 3.8) is 0 Å². The number of rotatable bonds is 1. The molecule has 0 spiro atoms. The van der Waals surface area contributed by atoms with E-state index in [9.17, 15) is 14.7 Å². The molecule has 144 valence electrons. The Bertz CT molecular complexity index is 697. The summed E-state index contributed by atoms with van der Waals surface area (Å²) in [4.78, 5) is 25.2. The van der Waals surface area contributed by atoms with Crippen molar-refractivity contribution in [1.29, 1.82) is 0 Å². The fourth-order valence-electron chi connectivity index (χ4n) is 7.38. The summed E-state index contributed by atoms with van der Waals surface area (Å²) in [5.74, 6) is 0.144. The van der Waals surface area contributed by atoms with Gasteiger partial charge in [0, 0.05) is 16.6 Å². The third kappa shape index (κ3) is 2.07. The monoisotopic (exact) mass is 362 g/mol. The van der Waals surface area contributed by atoms with E-state index in [1.807, 2.05) is 0 Å². The fourth-order valence-corrected chi connectivity index (χ4v) is 7.38. The first-order valence-corrected chi connectivity index (χ1v) is 9.89. The molecule has 3 aliphatic carbocycles. The number of hydrogen-bond acceptors (Lipinski definition) is 5. The number of cyclic esters (lactones) is 1. The van der Waals surface area contributed by atoms with Crippen molar-refractivity contribution in [3.05, 3.63) is 11.1 Å². The van der Waals surface area contributed by atoms with Gasteiger partial charge in [0.05, 0.1) is 12.5 Å². The molecular weight excluding hydrogens is 332 g/mol. The van der Waals surface area contributed by atoms with Gasteiger partial charge in [-0.3, -0.25) is 4.79 Å². The molecule has 26 heavy (non-hydrogen) atoms. The minimum absolute atomic E-state index is 0.0134. The van der Waals surface area contributed by atoms with Gasteiger partial charge in [-0.1, -0.05) is 20.3 Å². The Morgan fingerprint density at radius 1 is 1.15 bits per heavy atom. The zero-order valence-corrected chi connectivity index (χ0v) is 16.3. The molecule has 1 heterocycles. The summed E-state index contributed by atoms with van der Waals surface area (Å²) in [7, 11) is 1.49. The number of methoxy groups -OCH3 is 1. The molecule has 6 atom stereocenters. The fraction of sp³-hybridized carbons (Fsp3) is 0.810. The van der Waals surface area contributed by atoms with Crippen molar-refractivity contribution < 1.29 is 24.2 Å². The molecule has 0 aromatic heterocycles. The van der Waals surface area contributed by atoms with Crippen molar-refractivity contribution in [2.45, 2.75) is 72.0 Å². The molecule has 0 unspecified atom stereocenters. The molecule has 4 rings (SSSR count). The average molecular weight is 362 g/mol. The first-order valence-electron chi connectivity index (χ1n) is 9.89. The second-order valence-electron chi connectivity index (χ2n) is 9.53. The number of hydrogen-bond donors (Lipinski definition) is 1. The Morgan fingerprint density at radius 3 is 2.58 bits per heavy atom. The third-order valence-corrected chi connectivity index (χ3v) is 8.46. The topological polar surface area (TPSA) is 72.8 Å². The molecule has 4 aliphatic rings. The number of fused-ring (bicyclic) bond motifs is 4. The molecule has 0 aromatic carbocycles. The minimum atomic E-state index is -1.06. The molecule has 1 aliphatic heterocycles. The summed E-state index contributed by atoms with van der Waals surface area (Å²) >= 11 is 0. The van der Waals surface area contributed by atoms with E-state index in [0.29, 0.717) is 12.3 Å². The van der Waals surface area contributed by atoms with E-state index in [-0.39, 0.29) is 28.7 Å². The highest BCUT2D eigenvalue weighted by Crippen LogP contribution is 2.69. The molecule has 5 heteroatoms. The van der Waals surface area contributed by atoms with Crippen LogP contribution in [0.4, 0.5) is 0 Å². The van der Waals surface area contributed by atoms with Crippen LogP contribution in [0.15, 0.2) is 11.1 Å². The van der Waals surface area contributed by atoms with Crippen LogP contribution in [0.3, 0.4) is 0 Å². The predicted molar refractivity (Wildman–Crippen MR) is 94.8 cm³/mol. The minimum Gasteiger partial charge on any atom is -0.469 e. The zero-order chi connectivity index (χ0) is 18.9. The number of carbonyl (C=O) groups excluding carboxylic acids is 2. The highest BCUT2D eigenvalue weighted by atomic mass is 16.6. The van der Waals surface area contributed by atoms with Crippen LogP contribution in [0.25, 0.3) is 0 Å². The summed E-state index contributed by atoms with van der Waals surface area (Å²) in [5, 5.41) is 10.1. The lowest BCUT2D eigenvalue weighted by Crippen LogP contribution is -2.59. The van der Waals surface area contributed by atoms with Gasteiger partial charge in [-0.2, -0.15) is 0 Å². The Morgan fingerprint density at radius 2 is 1.88 bits per heavy atom. The standard InChI is InChI=1S/C21H30O5/c1-19-9-5-10-21(3,18(24)25-4)14(19)8-11-20(2)13(19)7-6-12-15(20)17(23)26-16(12)22/h13-14,16,22H,5-11H2,1-4H3/t13-,14-,16+,19-,20-,21+/m1/s1. The Labute approximate surface area is 155 Å². The maximum Gasteiger partial charge on any atom is 0.337 e. The lowest BCUT2D eigenvalue weighted by atomic mass is 9.40. The number of ether oxygens (including phenoxy) is 2. The lowest BCUT2D eigenvalue weighted by molar-refractivity contribution is -0.179. The van der Waals surface area contributed by atoms with E-state index in [2.05, 4.69) is 20.8 Å². The van der Waals surface area contributed by atoms with Crippen LogP contribution in [0.5, 0.6) is 0 Å². The summed E-state index contributed by atoms with van der Waals surface area (Å²) in [6.07, 6.45) is 5.29. The summed E-state index contributed by atoms with van der Waals surface area (Å²) in [6, 6.07) is 0. The van der Waals surface area contributed by atoms with Gasteiger partial charge >= 0.3 is 11.9 Å². The SMILES string of the molecule is COC(=O)[C@@]1(C)CCC[C@]2(C)[C@H]3CCC4=C(C(=O)O[C@@H]4O)[C@]3(C)CC[C@H]21. The third-order valence-electron chi connectivity index (χ3n) is 8.46. The zero-order valence-electron chi connectivity index (χ0n) is 16.3. The number of esters is 2. The number of aliphatic hydroxyl groups is 1. The van der Waals surface area contributed by atoms with E-state index >= 15 is 0 Å². The van der Waals surface area contributed by atoms with Gasteiger partial charge in [0.25, 0.3) is 0 Å². The molecule has 2 fully saturated rings. The van der Waals surface area contributed by atoms with E-state index < -0.39 is 11.7 Å². The van der Waals surface area contributed by atoms with Gasteiger partial charge in [-0.15, -0.1) is 0 Å². The van der Waals surface area contributed by atoms with Crippen molar-refractivity contribution in [2.75, 3.05) is 7.11 Å². The van der Waals surface area contributed by atoms with Crippen molar-refractivity contribution in [1.82, 2.24) is 0 Å². The van der Waals surface area contributed by atoms with Crippen LogP contribution >= 0.6 is 0 Å². The highest BCUT2D eigenvalue weighted by molar-refractivity contribution is 5.94. The second kappa shape index (κ2) is 5.57. The van der Waals surface area contributed by atoms with Crippen LogP contribution < -0.4 is 0 Å². The van der Waals surface area contributed by atoms with Crippen molar-refractivity contribution in [2.24, 2.45) is 28.1 Å². The summed E-state index contributed by atoms with van der Waals surface area (Å²) in [5.41, 5.74) is 0.782. The Hall–Kier alpha value is -1.36. The normalized spacial score (nSPS) is 47.6. The predicted octanol–water partition coefficient (Wildman–Crippen LogP) is 3.35. The quantitative estimate of drug-likeness (QED) is 0.724. The molecule has 0 saturated heterocycles. The lowest BCUT2D eigenvalue weighted by Gasteiger charge is -2.63. The second-order valence-corrected chi connectivity index (χ2v) is 9.53. The molecular formula is C21H30O5. The van der Waals surface area contributed by atoms with Gasteiger partial charge in [-0.25, -0.2) is 4.79 Å². The van der Waals surface area contributed by atoms with Crippen molar-refractivity contribution >= 4 is 11.9 Å². The molecule has 2 saturated carbocycles. The summed E-state index contributed by atoms with van der Waals surface area (Å²) < 4.78 is 10.3. The number of aliphatic hydroxyl groups excluding tert-OH is 1. The van der Waals surface area contributed by atoms with Crippen LogP contribution in [0.1, 0.15) is 65.7 Å². The molecule has 0 bridgehead atoms. The largest absolute Gasteiger partial charge is 0.469 e. The van der Waals surface area contributed by atoms with Gasteiger partial charge in [0.15, 0.2) is 0 Å². The smallest absolute Gasteiger partial charge is 0.337 e. The van der Waals surface area contributed by atoms with E-state index in [0.717, 1.165) is 49.7 Å². The maximum absolute atomic E-state index is 12.7. The van der Waals surface area contributed by atoms with Gasteiger partial charge in [0.2, 0.25) is 6.29 Å². The van der Waals surface area contributed by atoms with E-state index in [1.165, 1.54) is 7.11 Å². The first kappa shape index (κ1) is 18.0. The number of carbonyl (C=O) groups is 2. The molecule has 0 aromatic rings. The van der Waals surface area contributed by atoms with Crippen LogP contribution in [-0.2, 0) is 19.1 Å². The van der Waals surface area contributed by atoms with E-state index in [4.69, 9.17) is 9.47 Å². The van der Waals surface area contributed by atoms with Gasteiger partial charge in [-0.05, 0) is 62.7 Å². The molecule has 5 nitrogen and oxygen atoms in total. The molecule has 1 N–H and O–H groups in total. The van der Waals surface area contributed by atoms with Crippen molar-refractivity contribution in [3.8, 4) is 0 Å². The van der Waals surface area contributed by atoms with E-state index in [1.54, 1.807) is 0 Å². The highest BCUT2D eigenvalue weighted by Gasteiger charge is 2.65. The maximum atomic E-state index is 12.7. The molecule has 0 amide bonds. The molecule has 0 radical (unpaired) electrons. The van der Waals surface area contributed by atoms with Crippen LogP contribution in [0.2, 0.25) is 0 Å². The van der Waals surface area contributed by atoms with Gasteiger partial charge < -0.3 is 14.6 Å².